The lowest BCUT2D eigenvalue weighted by Gasteiger charge is -2.32. The van der Waals surface area contributed by atoms with E-state index in [4.69, 9.17) is 14.0 Å². The van der Waals surface area contributed by atoms with Crippen molar-refractivity contribution < 1.29 is 18.4 Å². The van der Waals surface area contributed by atoms with Gasteiger partial charge in [-0.25, -0.2) is 4.39 Å². The number of rotatable bonds is 4. The predicted octanol–water partition coefficient (Wildman–Crippen LogP) is 2.43. The second kappa shape index (κ2) is 5.65. The van der Waals surface area contributed by atoms with Crippen LogP contribution in [0.15, 0.2) is 30.5 Å². The van der Waals surface area contributed by atoms with Gasteiger partial charge in [0.25, 0.3) is 0 Å². The van der Waals surface area contributed by atoms with Gasteiger partial charge in [-0.2, -0.15) is 5.10 Å². The summed E-state index contributed by atoms with van der Waals surface area (Å²) in [5.41, 5.74) is 0.192. The maximum Gasteiger partial charge on any atom is 0.497 e. The number of H-pyrrole nitrogens is 1. The minimum Gasteiger partial charge on any atom is -0.487 e. The number of aromatic amines is 1. The molecule has 1 aromatic carbocycles. The Labute approximate surface area is 135 Å². The van der Waals surface area contributed by atoms with E-state index in [2.05, 4.69) is 10.2 Å². The molecule has 2 aromatic rings. The van der Waals surface area contributed by atoms with Crippen LogP contribution in [0.3, 0.4) is 0 Å². The highest BCUT2D eigenvalue weighted by molar-refractivity contribution is 6.62. The summed E-state index contributed by atoms with van der Waals surface area (Å²) in [5.74, 6) is 0.0305. The van der Waals surface area contributed by atoms with Crippen LogP contribution in [0.4, 0.5) is 4.39 Å². The standard InChI is InChI=1S/C16H20BFN2O3/c1-15(2)16(3,4)23-17(22-15)13-6-5-12(9-14(13)18)21-10-11-7-8-19-20-11/h5-9H,10H2,1-4H3,(H,19,20). The second-order valence-corrected chi connectivity index (χ2v) is 6.64. The third-order valence-electron chi connectivity index (χ3n) is 4.43. The van der Waals surface area contributed by atoms with Crippen LogP contribution in [0.1, 0.15) is 33.4 Å². The van der Waals surface area contributed by atoms with E-state index in [9.17, 15) is 4.39 Å². The van der Waals surface area contributed by atoms with E-state index in [1.807, 2.05) is 27.7 Å². The summed E-state index contributed by atoms with van der Waals surface area (Å²) in [6.45, 7) is 8.05. The molecular weight excluding hydrogens is 298 g/mol. The van der Waals surface area contributed by atoms with E-state index in [0.717, 1.165) is 5.69 Å². The molecule has 1 aliphatic rings. The monoisotopic (exact) mass is 318 g/mol. The number of nitrogens with one attached hydrogen (secondary N) is 1. The number of hydrogen-bond donors (Lipinski definition) is 1. The smallest absolute Gasteiger partial charge is 0.487 e. The van der Waals surface area contributed by atoms with Gasteiger partial charge in [0.05, 0.1) is 16.9 Å². The van der Waals surface area contributed by atoms with Crippen LogP contribution in [0.25, 0.3) is 0 Å². The van der Waals surface area contributed by atoms with E-state index in [-0.39, 0.29) is 0 Å². The zero-order chi connectivity index (χ0) is 16.7. The molecule has 5 nitrogen and oxygen atoms in total. The maximum absolute atomic E-state index is 14.4. The van der Waals surface area contributed by atoms with Gasteiger partial charge in [-0.1, -0.05) is 6.07 Å². The Kier molecular flexibility index (Phi) is 3.94. The third kappa shape index (κ3) is 3.11. The predicted molar refractivity (Wildman–Crippen MR) is 85.0 cm³/mol. The van der Waals surface area contributed by atoms with Crippen LogP contribution in [0.5, 0.6) is 5.75 Å². The molecule has 0 bridgehead atoms. The Balaban J connectivity index is 1.73. The van der Waals surface area contributed by atoms with E-state index >= 15 is 0 Å². The van der Waals surface area contributed by atoms with E-state index in [1.54, 1.807) is 24.4 Å². The number of halogens is 1. The fraction of sp³-hybridized carbons (Fsp3) is 0.438. The molecule has 0 unspecified atom stereocenters. The first-order valence-electron chi connectivity index (χ1n) is 7.55. The zero-order valence-corrected chi connectivity index (χ0v) is 13.7. The van der Waals surface area contributed by atoms with Crippen LogP contribution in [0, 0.1) is 5.82 Å². The molecule has 1 saturated heterocycles. The summed E-state index contributed by atoms with van der Waals surface area (Å²) >= 11 is 0. The molecule has 122 valence electrons. The topological polar surface area (TPSA) is 56.4 Å². The molecule has 0 saturated carbocycles. The SMILES string of the molecule is CC1(C)OB(c2ccc(OCc3ccn[nH]3)cc2F)OC1(C)C. The van der Waals surface area contributed by atoms with Crippen LogP contribution in [-0.4, -0.2) is 28.5 Å². The molecule has 0 atom stereocenters. The highest BCUT2D eigenvalue weighted by atomic mass is 19.1. The van der Waals surface area contributed by atoms with E-state index in [0.29, 0.717) is 17.8 Å². The molecule has 0 amide bonds. The molecule has 1 aliphatic heterocycles. The fourth-order valence-electron chi connectivity index (χ4n) is 2.28. The Bertz CT molecular complexity index is 673. The van der Waals surface area contributed by atoms with E-state index in [1.165, 1.54) is 6.07 Å². The molecule has 1 fully saturated rings. The number of ether oxygens (including phenoxy) is 1. The van der Waals surface area contributed by atoms with Gasteiger partial charge in [-0.3, -0.25) is 5.10 Å². The number of aromatic nitrogens is 2. The van der Waals surface area contributed by atoms with Crippen molar-refractivity contribution in [3.05, 3.63) is 42.0 Å². The molecule has 2 heterocycles. The van der Waals surface area contributed by atoms with E-state index < -0.39 is 24.1 Å². The summed E-state index contributed by atoms with van der Waals surface area (Å²) in [4.78, 5) is 0. The quantitative estimate of drug-likeness (QED) is 0.880. The largest absolute Gasteiger partial charge is 0.497 e. The minimum atomic E-state index is -0.721. The normalized spacial score (nSPS) is 19.1. The third-order valence-corrected chi connectivity index (χ3v) is 4.43. The molecule has 0 aliphatic carbocycles. The van der Waals surface area contributed by atoms with Gasteiger partial charge >= 0.3 is 7.12 Å². The summed E-state index contributed by atoms with van der Waals surface area (Å²) < 4.78 is 31.7. The van der Waals surface area contributed by atoms with Crippen molar-refractivity contribution in [3.8, 4) is 5.75 Å². The van der Waals surface area contributed by atoms with Crippen molar-refractivity contribution in [2.24, 2.45) is 0 Å². The van der Waals surface area contributed by atoms with Crippen molar-refractivity contribution in [2.75, 3.05) is 0 Å². The minimum absolute atomic E-state index is 0.301. The Morgan fingerprint density at radius 1 is 1.17 bits per heavy atom. The summed E-state index contributed by atoms with van der Waals surface area (Å²) in [6.07, 6.45) is 1.64. The molecule has 3 rings (SSSR count). The molecule has 0 spiro atoms. The average Bonchev–Trinajstić information content (AvgIpc) is 3.03. The summed E-state index contributed by atoms with van der Waals surface area (Å²) in [5, 5.41) is 6.62. The molecule has 0 radical (unpaired) electrons. The molecule has 1 N–H and O–H groups in total. The average molecular weight is 318 g/mol. The lowest BCUT2D eigenvalue weighted by molar-refractivity contribution is 0.00578. The van der Waals surface area contributed by atoms with Crippen molar-refractivity contribution in [1.82, 2.24) is 10.2 Å². The van der Waals surface area contributed by atoms with Crippen LogP contribution in [0.2, 0.25) is 0 Å². The van der Waals surface area contributed by atoms with Gasteiger partial charge in [0.15, 0.2) is 0 Å². The van der Waals surface area contributed by atoms with Gasteiger partial charge in [0.1, 0.15) is 18.2 Å². The van der Waals surface area contributed by atoms with Crippen molar-refractivity contribution in [3.63, 3.8) is 0 Å². The Hall–Kier alpha value is -1.86. The number of benzene rings is 1. The molecule has 7 heteroatoms. The van der Waals surface area contributed by atoms with Crippen molar-refractivity contribution >= 4 is 12.6 Å². The molecular formula is C16H20BFN2O3. The van der Waals surface area contributed by atoms with Gasteiger partial charge in [0, 0.05) is 17.7 Å². The van der Waals surface area contributed by atoms with Crippen molar-refractivity contribution in [2.45, 2.75) is 45.5 Å². The second-order valence-electron chi connectivity index (χ2n) is 6.64. The maximum atomic E-state index is 14.4. The number of hydrogen-bond acceptors (Lipinski definition) is 4. The first-order valence-corrected chi connectivity index (χ1v) is 7.55. The Morgan fingerprint density at radius 2 is 1.87 bits per heavy atom. The Morgan fingerprint density at radius 3 is 2.43 bits per heavy atom. The zero-order valence-electron chi connectivity index (χ0n) is 13.7. The first-order chi connectivity index (χ1) is 10.8. The van der Waals surface area contributed by atoms with Crippen molar-refractivity contribution in [1.29, 1.82) is 0 Å². The highest BCUT2D eigenvalue weighted by Gasteiger charge is 2.52. The lowest BCUT2D eigenvalue weighted by atomic mass is 9.78. The highest BCUT2D eigenvalue weighted by Crippen LogP contribution is 2.36. The van der Waals surface area contributed by atoms with Crippen LogP contribution < -0.4 is 10.2 Å². The van der Waals surface area contributed by atoms with Gasteiger partial charge < -0.3 is 14.0 Å². The van der Waals surface area contributed by atoms with Crippen LogP contribution in [-0.2, 0) is 15.9 Å². The summed E-state index contributed by atoms with van der Waals surface area (Å²) in [6, 6.07) is 6.49. The fourth-order valence-corrected chi connectivity index (χ4v) is 2.28. The summed E-state index contributed by atoms with van der Waals surface area (Å²) in [7, 11) is -0.721. The van der Waals surface area contributed by atoms with Gasteiger partial charge in [0.2, 0.25) is 0 Å². The lowest BCUT2D eigenvalue weighted by Crippen LogP contribution is -2.41. The van der Waals surface area contributed by atoms with Gasteiger partial charge in [-0.15, -0.1) is 0 Å². The molecule has 23 heavy (non-hydrogen) atoms. The van der Waals surface area contributed by atoms with Gasteiger partial charge in [-0.05, 0) is 39.8 Å². The molecule has 1 aromatic heterocycles. The van der Waals surface area contributed by atoms with Crippen LogP contribution >= 0.6 is 0 Å². The number of nitrogens with zero attached hydrogens (tertiary/aromatic N) is 1. The first kappa shape index (κ1) is 16.0.